The van der Waals surface area contributed by atoms with Crippen LogP contribution in [-0.2, 0) is 0 Å². The molecule has 6 heteroatoms. The minimum Gasteiger partial charge on any atom is -0.394 e. The maximum atomic E-state index is 12.8. The Bertz CT molecular complexity index is 804. The molecule has 1 heterocycles. The second-order valence-corrected chi connectivity index (χ2v) is 7.00. The highest BCUT2D eigenvalue weighted by Crippen LogP contribution is 2.39. The number of nitrogens with zero attached hydrogens (tertiary/aromatic N) is 2. The number of rotatable bonds is 5. The van der Waals surface area contributed by atoms with Crippen molar-refractivity contribution in [2.75, 3.05) is 11.9 Å². The minimum atomic E-state index is -0.260. The van der Waals surface area contributed by atoms with Gasteiger partial charge in [-0.1, -0.05) is 29.3 Å². The normalized spacial score (nSPS) is 15.4. The van der Waals surface area contributed by atoms with Crippen molar-refractivity contribution < 1.29 is 5.11 Å². The smallest absolute Gasteiger partial charge is 0.294 e. The Balaban J connectivity index is 2.03. The lowest BCUT2D eigenvalue weighted by Gasteiger charge is -2.19. The number of aryl methyl sites for hydroxylation is 3. The number of aliphatic hydroxyl groups excluding tert-OH is 1. The number of halogens is 1. The van der Waals surface area contributed by atoms with Crippen LogP contribution in [0.1, 0.15) is 35.6 Å². The summed E-state index contributed by atoms with van der Waals surface area (Å²) in [6.07, 6.45) is 3.57. The number of hydrogen-bond acceptors (Lipinski definition) is 4. The second-order valence-electron chi connectivity index (χ2n) is 6.61. The van der Waals surface area contributed by atoms with Crippen molar-refractivity contribution in [3.63, 3.8) is 0 Å². The number of aliphatic hydroxyl groups is 1. The van der Waals surface area contributed by atoms with Crippen LogP contribution in [0.2, 0.25) is 5.15 Å². The predicted molar refractivity (Wildman–Crippen MR) is 96.3 cm³/mol. The summed E-state index contributed by atoms with van der Waals surface area (Å²) in [5.74, 6) is 0.526. The molecular weight excluding hydrogens is 326 g/mol. The summed E-state index contributed by atoms with van der Waals surface area (Å²) < 4.78 is 1.52. The van der Waals surface area contributed by atoms with Crippen LogP contribution in [0, 0.1) is 26.7 Å². The van der Waals surface area contributed by atoms with Gasteiger partial charge >= 0.3 is 0 Å². The van der Waals surface area contributed by atoms with E-state index >= 15 is 0 Å². The highest BCUT2D eigenvalue weighted by Gasteiger charge is 2.33. The number of nitrogens with one attached hydrogen (secondary N) is 1. The van der Waals surface area contributed by atoms with E-state index < -0.39 is 0 Å². The predicted octanol–water partition coefficient (Wildman–Crippen LogP) is 3.51. The zero-order valence-electron chi connectivity index (χ0n) is 14.1. The maximum Gasteiger partial charge on any atom is 0.294 e. The van der Waals surface area contributed by atoms with Crippen molar-refractivity contribution in [1.29, 1.82) is 0 Å². The quantitative estimate of drug-likeness (QED) is 0.868. The summed E-state index contributed by atoms with van der Waals surface area (Å²) in [5.41, 5.74) is 3.86. The lowest BCUT2D eigenvalue weighted by atomic mass is 10.1. The van der Waals surface area contributed by atoms with E-state index in [0.29, 0.717) is 5.92 Å². The molecule has 0 aliphatic heterocycles. The lowest BCUT2D eigenvalue weighted by Crippen LogP contribution is -2.30. The van der Waals surface area contributed by atoms with Crippen LogP contribution in [0.25, 0.3) is 0 Å². The highest BCUT2D eigenvalue weighted by atomic mass is 35.5. The Morgan fingerprint density at radius 1 is 1.33 bits per heavy atom. The fraction of sp³-hybridized carbons (Fsp3) is 0.444. The van der Waals surface area contributed by atoms with Crippen molar-refractivity contribution in [3.8, 4) is 0 Å². The molecule has 0 bridgehead atoms. The molecule has 3 rings (SSSR count). The fourth-order valence-electron chi connectivity index (χ4n) is 3.25. The van der Waals surface area contributed by atoms with E-state index in [1.165, 1.54) is 16.3 Å². The van der Waals surface area contributed by atoms with Gasteiger partial charge in [0.2, 0.25) is 0 Å². The number of aromatic nitrogens is 2. The van der Waals surface area contributed by atoms with Crippen LogP contribution < -0.4 is 10.9 Å². The first-order valence-electron chi connectivity index (χ1n) is 8.15. The van der Waals surface area contributed by atoms with Gasteiger partial charge in [0.15, 0.2) is 5.82 Å². The Labute approximate surface area is 146 Å². The van der Waals surface area contributed by atoms with Crippen molar-refractivity contribution in [3.05, 3.63) is 50.5 Å². The van der Waals surface area contributed by atoms with E-state index in [1.54, 1.807) is 0 Å². The van der Waals surface area contributed by atoms with Gasteiger partial charge in [-0.2, -0.15) is 0 Å². The summed E-state index contributed by atoms with van der Waals surface area (Å²) in [4.78, 5) is 17.0. The molecule has 0 amide bonds. The van der Waals surface area contributed by atoms with Crippen molar-refractivity contribution >= 4 is 23.1 Å². The molecule has 0 saturated heterocycles. The summed E-state index contributed by atoms with van der Waals surface area (Å²) in [5, 5.41) is 13.0. The van der Waals surface area contributed by atoms with Crippen LogP contribution in [-0.4, -0.2) is 21.3 Å². The van der Waals surface area contributed by atoms with E-state index in [1.807, 2.05) is 20.8 Å². The lowest BCUT2D eigenvalue weighted by molar-refractivity contribution is 0.209. The molecule has 0 spiro atoms. The van der Waals surface area contributed by atoms with Gasteiger partial charge in [0.05, 0.1) is 12.6 Å². The monoisotopic (exact) mass is 347 g/mol. The van der Waals surface area contributed by atoms with Crippen molar-refractivity contribution in [1.82, 2.24) is 9.55 Å². The van der Waals surface area contributed by atoms with Crippen LogP contribution in [0.3, 0.4) is 0 Å². The molecule has 1 aliphatic rings. The molecule has 2 aromatic rings. The van der Waals surface area contributed by atoms with Crippen LogP contribution in [0.15, 0.2) is 23.1 Å². The Kier molecular flexibility index (Phi) is 4.65. The molecule has 128 valence electrons. The van der Waals surface area contributed by atoms with Gasteiger partial charge in [-0.25, -0.2) is 4.98 Å². The molecule has 0 radical (unpaired) electrons. The topological polar surface area (TPSA) is 67.2 Å². The fourth-order valence-corrected chi connectivity index (χ4v) is 3.44. The zero-order valence-corrected chi connectivity index (χ0v) is 14.9. The minimum absolute atomic E-state index is 0.0764. The van der Waals surface area contributed by atoms with Gasteiger partial charge in [0.25, 0.3) is 5.56 Å². The van der Waals surface area contributed by atoms with Gasteiger partial charge in [0, 0.05) is 11.9 Å². The molecule has 1 saturated carbocycles. The van der Waals surface area contributed by atoms with Gasteiger partial charge in [-0.15, -0.1) is 0 Å². The Morgan fingerprint density at radius 3 is 2.50 bits per heavy atom. The summed E-state index contributed by atoms with van der Waals surface area (Å²) in [6, 6.07) is 3.87. The highest BCUT2D eigenvalue weighted by molar-refractivity contribution is 6.29. The summed E-state index contributed by atoms with van der Waals surface area (Å²) >= 11 is 6.13. The molecule has 1 atom stereocenters. The molecule has 2 N–H and O–H groups in total. The Morgan fingerprint density at radius 2 is 1.96 bits per heavy atom. The maximum absolute atomic E-state index is 12.8. The molecule has 1 aliphatic carbocycles. The first kappa shape index (κ1) is 17.0. The van der Waals surface area contributed by atoms with Crippen molar-refractivity contribution in [2.45, 2.75) is 39.7 Å². The molecule has 1 aromatic heterocycles. The van der Waals surface area contributed by atoms with Gasteiger partial charge in [0.1, 0.15) is 5.15 Å². The van der Waals surface area contributed by atoms with Crippen molar-refractivity contribution in [2.24, 2.45) is 5.92 Å². The SMILES string of the molecule is Cc1cc(C)c(Nc2nc(Cl)cn([C@@H](CO)C3CC3)c2=O)c(C)c1. The van der Waals surface area contributed by atoms with E-state index in [4.69, 9.17) is 11.6 Å². The summed E-state index contributed by atoms with van der Waals surface area (Å²) in [7, 11) is 0. The number of benzene rings is 1. The largest absolute Gasteiger partial charge is 0.394 e. The van der Waals surface area contributed by atoms with E-state index in [-0.39, 0.29) is 29.2 Å². The molecule has 24 heavy (non-hydrogen) atoms. The van der Waals surface area contributed by atoms with Gasteiger partial charge in [-0.3, -0.25) is 4.79 Å². The van der Waals surface area contributed by atoms with E-state index in [0.717, 1.165) is 29.7 Å². The number of anilines is 2. The molecule has 5 nitrogen and oxygen atoms in total. The van der Waals surface area contributed by atoms with Crippen LogP contribution in [0.5, 0.6) is 0 Å². The third-order valence-electron chi connectivity index (χ3n) is 4.53. The average Bonchev–Trinajstić information content (AvgIpc) is 3.32. The van der Waals surface area contributed by atoms with Gasteiger partial charge in [-0.05, 0) is 50.7 Å². The zero-order chi connectivity index (χ0) is 17.4. The molecular formula is C18H22ClN3O2. The third kappa shape index (κ3) is 3.32. The number of hydrogen-bond donors (Lipinski definition) is 2. The standard InChI is InChI=1S/C18H22ClN3O2/c1-10-6-11(2)16(12(3)7-10)21-17-18(24)22(8-15(19)20-17)14(9-23)13-4-5-13/h6-8,13-14,23H,4-5,9H2,1-3H3,(H,20,21)/t14-/m0/s1. The molecule has 1 aromatic carbocycles. The van der Waals surface area contributed by atoms with E-state index in [9.17, 15) is 9.90 Å². The van der Waals surface area contributed by atoms with Crippen LogP contribution in [0.4, 0.5) is 11.5 Å². The van der Waals surface area contributed by atoms with Gasteiger partial charge < -0.3 is 15.0 Å². The Hall–Kier alpha value is -1.85. The first-order chi connectivity index (χ1) is 11.4. The second kappa shape index (κ2) is 6.57. The first-order valence-corrected chi connectivity index (χ1v) is 8.53. The molecule has 1 fully saturated rings. The molecule has 0 unspecified atom stereocenters. The third-order valence-corrected chi connectivity index (χ3v) is 4.71. The average molecular weight is 348 g/mol. The summed E-state index contributed by atoms with van der Waals surface area (Å²) in [6.45, 7) is 5.95. The van der Waals surface area contributed by atoms with E-state index in [2.05, 4.69) is 22.4 Å². The van der Waals surface area contributed by atoms with Crippen LogP contribution >= 0.6 is 11.6 Å².